The highest BCUT2D eigenvalue weighted by Crippen LogP contribution is 2.36. The number of hydrogen-bond acceptors (Lipinski definition) is 10. The number of nitrogens with one attached hydrogen (secondary N) is 1. The Kier molecular flexibility index (Phi) is 5.69. The number of para-hydroxylation sites is 2. The molecule has 0 fully saturated rings. The Balaban J connectivity index is 1.60. The van der Waals surface area contributed by atoms with Crippen molar-refractivity contribution in [1.82, 2.24) is 24.9 Å². The Morgan fingerprint density at radius 2 is 1.87 bits per heavy atom. The lowest BCUT2D eigenvalue weighted by molar-refractivity contribution is 0.417. The quantitative estimate of drug-likeness (QED) is 0.333. The molecule has 3 heterocycles. The largest absolute Gasteiger partial charge is 0.495 e. The number of benzene rings is 1. The fraction of sp³-hybridized carbons (Fsp3) is 0.250. The van der Waals surface area contributed by atoms with Gasteiger partial charge in [0.2, 0.25) is 11.9 Å². The highest BCUT2D eigenvalue weighted by Gasteiger charge is 2.15. The number of anilines is 3. The van der Waals surface area contributed by atoms with E-state index in [1.54, 1.807) is 30.2 Å². The van der Waals surface area contributed by atoms with Gasteiger partial charge in [-0.2, -0.15) is 15.0 Å². The minimum absolute atomic E-state index is 0.157. The topological polar surface area (TPSA) is 112 Å². The Hall–Kier alpha value is -2.98. The lowest BCUT2D eigenvalue weighted by Gasteiger charge is -2.10. The van der Waals surface area contributed by atoms with E-state index in [-0.39, 0.29) is 5.95 Å². The molecule has 4 aromatic rings. The molecule has 0 radical (unpaired) electrons. The molecule has 0 amide bonds. The fourth-order valence-electron chi connectivity index (χ4n) is 2.98. The number of nitrogen functional groups attached to an aromatic ring is 1. The zero-order valence-electron chi connectivity index (χ0n) is 17.1. The van der Waals surface area contributed by atoms with E-state index < -0.39 is 0 Å². The summed E-state index contributed by atoms with van der Waals surface area (Å²) >= 11 is 3.26. The van der Waals surface area contributed by atoms with E-state index in [1.807, 2.05) is 31.2 Å². The smallest absolute Gasteiger partial charge is 0.232 e. The number of aryl methyl sites for hydroxylation is 3. The summed E-state index contributed by atoms with van der Waals surface area (Å²) in [6.45, 7) is 6.12. The molecule has 8 nitrogen and oxygen atoms in total. The number of aromatic nitrogens is 5. The summed E-state index contributed by atoms with van der Waals surface area (Å²) in [5, 5.41) is 5.18. The lowest BCUT2D eigenvalue weighted by Crippen LogP contribution is -2.07. The molecule has 0 bridgehead atoms. The molecule has 0 saturated heterocycles. The van der Waals surface area contributed by atoms with Crippen LogP contribution in [-0.4, -0.2) is 32.0 Å². The number of nitrogens with two attached hydrogens (primary N) is 1. The molecular weight excluding hydrogens is 418 g/mol. The van der Waals surface area contributed by atoms with Crippen molar-refractivity contribution in [1.29, 1.82) is 0 Å². The Morgan fingerprint density at radius 1 is 1.07 bits per heavy atom. The first-order chi connectivity index (χ1) is 14.4. The molecule has 0 saturated carbocycles. The second-order valence-corrected chi connectivity index (χ2v) is 8.75. The third-order valence-corrected chi connectivity index (χ3v) is 6.57. The van der Waals surface area contributed by atoms with E-state index in [9.17, 15) is 0 Å². The van der Waals surface area contributed by atoms with Gasteiger partial charge in [0.25, 0.3) is 0 Å². The first kappa shape index (κ1) is 20.3. The monoisotopic (exact) mass is 439 g/mol. The first-order valence-corrected chi connectivity index (χ1v) is 11.0. The average molecular weight is 440 g/mol. The van der Waals surface area contributed by atoms with Gasteiger partial charge in [-0.05, 0) is 38.5 Å². The van der Waals surface area contributed by atoms with Crippen LogP contribution in [0.5, 0.6) is 5.75 Å². The second-order valence-electron chi connectivity index (χ2n) is 6.59. The summed E-state index contributed by atoms with van der Waals surface area (Å²) in [5.74, 6) is 3.04. The maximum Gasteiger partial charge on any atom is 0.232 e. The van der Waals surface area contributed by atoms with E-state index in [4.69, 9.17) is 10.5 Å². The van der Waals surface area contributed by atoms with Gasteiger partial charge in [0.05, 0.1) is 18.6 Å². The van der Waals surface area contributed by atoms with E-state index in [0.29, 0.717) is 23.3 Å². The Labute approximate surface area is 182 Å². The molecule has 1 aromatic carbocycles. The molecule has 0 aliphatic heterocycles. The second kappa shape index (κ2) is 8.41. The normalized spacial score (nSPS) is 11.1. The van der Waals surface area contributed by atoms with Crippen LogP contribution < -0.4 is 15.8 Å². The lowest BCUT2D eigenvalue weighted by atomic mass is 10.2. The molecule has 0 spiro atoms. The Morgan fingerprint density at radius 3 is 2.67 bits per heavy atom. The number of ether oxygens (including phenoxy) is 1. The van der Waals surface area contributed by atoms with Gasteiger partial charge in [-0.1, -0.05) is 23.9 Å². The van der Waals surface area contributed by atoms with E-state index in [2.05, 4.69) is 44.1 Å². The van der Waals surface area contributed by atoms with Crippen molar-refractivity contribution in [3.8, 4) is 5.75 Å². The van der Waals surface area contributed by atoms with Gasteiger partial charge in [-0.3, -0.25) is 0 Å². The molecule has 0 unspecified atom stereocenters. The predicted octanol–water partition coefficient (Wildman–Crippen LogP) is 4.43. The highest BCUT2D eigenvalue weighted by molar-refractivity contribution is 7.98. The minimum atomic E-state index is 0.157. The van der Waals surface area contributed by atoms with Crippen LogP contribution in [0.1, 0.15) is 22.1 Å². The van der Waals surface area contributed by atoms with Crippen LogP contribution in [-0.2, 0) is 5.75 Å². The molecule has 0 atom stereocenters. The van der Waals surface area contributed by atoms with Crippen LogP contribution in [0.3, 0.4) is 0 Å². The van der Waals surface area contributed by atoms with E-state index >= 15 is 0 Å². The van der Waals surface area contributed by atoms with Crippen molar-refractivity contribution in [2.24, 2.45) is 0 Å². The average Bonchev–Trinajstić information content (AvgIpc) is 2.99. The number of fused-ring (bicyclic) bond motifs is 1. The molecule has 0 aliphatic rings. The van der Waals surface area contributed by atoms with Crippen LogP contribution in [0.25, 0.3) is 10.2 Å². The minimum Gasteiger partial charge on any atom is -0.495 e. The van der Waals surface area contributed by atoms with Gasteiger partial charge >= 0.3 is 0 Å². The summed E-state index contributed by atoms with van der Waals surface area (Å²) < 4.78 is 5.37. The fourth-order valence-corrected chi connectivity index (χ4v) is 5.10. The zero-order valence-corrected chi connectivity index (χ0v) is 18.7. The first-order valence-electron chi connectivity index (χ1n) is 9.22. The molecule has 4 rings (SSSR count). The maximum absolute atomic E-state index is 5.93. The van der Waals surface area contributed by atoms with Crippen molar-refractivity contribution in [3.05, 3.63) is 46.4 Å². The number of thioether (sulfide) groups is 1. The van der Waals surface area contributed by atoms with Crippen molar-refractivity contribution >= 4 is 50.9 Å². The van der Waals surface area contributed by atoms with Gasteiger partial charge in [-0.15, -0.1) is 11.3 Å². The van der Waals surface area contributed by atoms with Crippen LogP contribution in [0, 0.1) is 20.8 Å². The Bertz CT molecular complexity index is 1230. The molecule has 3 aromatic heterocycles. The maximum atomic E-state index is 5.93. The molecule has 154 valence electrons. The molecular formula is C20H21N7OS2. The molecule has 10 heteroatoms. The van der Waals surface area contributed by atoms with E-state index in [1.165, 1.54) is 10.4 Å². The SMILES string of the molecule is COc1ccccc1Nc1nc(N)nc(CSc2nc(C)nc3sc(C)c(C)c23)n1. The number of thiophene rings is 1. The molecule has 30 heavy (non-hydrogen) atoms. The van der Waals surface area contributed by atoms with Gasteiger partial charge in [-0.25, -0.2) is 9.97 Å². The standard InChI is InChI=1S/C20H21N7OS2/c1-10-11(2)30-18-16(10)17(22-12(3)23-18)29-9-15-25-19(21)27-20(26-15)24-13-7-5-6-8-14(13)28-4/h5-8H,9H2,1-4H3,(H3,21,24,25,26,27). The summed E-state index contributed by atoms with van der Waals surface area (Å²) in [4.78, 5) is 24.5. The molecule has 0 aliphatic carbocycles. The van der Waals surface area contributed by atoms with Gasteiger partial charge in [0, 0.05) is 10.3 Å². The number of hydrogen-bond donors (Lipinski definition) is 2. The van der Waals surface area contributed by atoms with Gasteiger partial charge in [0.1, 0.15) is 27.3 Å². The zero-order chi connectivity index (χ0) is 21.3. The van der Waals surface area contributed by atoms with Gasteiger partial charge in [0.15, 0.2) is 0 Å². The van der Waals surface area contributed by atoms with Crippen LogP contribution in [0.15, 0.2) is 29.3 Å². The van der Waals surface area contributed by atoms with Crippen LogP contribution >= 0.6 is 23.1 Å². The van der Waals surface area contributed by atoms with Crippen molar-refractivity contribution in [3.63, 3.8) is 0 Å². The summed E-state index contributed by atoms with van der Waals surface area (Å²) in [5.41, 5.74) is 7.89. The van der Waals surface area contributed by atoms with Gasteiger partial charge < -0.3 is 15.8 Å². The van der Waals surface area contributed by atoms with Crippen molar-refractivity contribution in [2.75, 3.05) is 18.2 Å². The molecule has 3 N–H and O–H groups in total. The summed E-state index contributed by atoms with van der Waals surface area (Å²) in [7, 11) is 1.61. The number of nitrogens with zero attached hydrogens (tertiary/aromatic N) is 5. The third kappa shape index (κ3) is 4.14. The van der Waals surface area contributed by atoms with Crippen LogP contribution in [0.4, 0.5) is 17.6 Å². The van der Waals surface area contributed by atoms with Crippen LogP contribution in [0.2, 0.25) is 0 Å². The highest BCUT2D eigenvalue weighted by atomic mass is 32.2. The summed E-state index contributed by atoms with van der Waals surface area (Å²) in [6, 6.07) is 7.54. The van der Waals surface area contributed by atoms with Crippen molar-refractivity contribution in [2.45, 2.75) is 31.6 Å². The predicted molar refractivity (Wildman–Crippen MR) is 122 cm³/mol. The summed E-state index contributed by atoms with van der Waals surface area (Å²) in [6.07, 6.45) is 0. The number of methoxy groups -OCH3 is 1. The van der Waals surface area contributed by atoms with E-state index in [0.717, 1.165) is 26.8 Å². The number of rotatable bonds is 6. The van der Waals surface area contributed by atoms with Crippen molar-refractivity contribution < 1.29 is 4.74 Å². The third-order valence-electron chi connectivity index (χ3n) is 4.50.